The van der Waals surface area contributed by atoms with Crippen molar-refractivity contribution in [3.05, 3.63) is 24.3 Å². The van der Waals surface area contributed by atoms with Gasteiger partial charge in [0.2, 0.25) is 5.91 Å². The lowest BCUT2D eigenvalue weighted by atomic mass is 10.2. The summed E-state index contributed by atoms with van der Waals surface area (Å²) in [4.78, 5) is 23.5. The Labute approximate surface area is 156 Å². The maximum absolute atomic E-state index is 11.9. The van der Waals surface area contributed by atoms with Crippen molar-refractivity contribution in [2.75, 3.05) is 12.9 Å². The fraction of sp³-hybridized carbons (Fsp3) is 0.412. The van der Waals surface area contributed by atoms with Crippen molar-refractivity contribution in [1.29, 1.82) is 0 Å². The first kappa shape index (κ1) is 19.8. The van der Waals surface area contributed by atoms with Crippen LogP contribution in [0.3, 0.4) is 0 Å². The smallest absolute Gasteiger partial charge is 0.321 e. The molecule has 0 aliphatic rings. The molecule has 0 bridgehead atoms. The second-order valence-electron chi connectivity index (χ2n) is 5.71. The molecule has 0 aliphatic heterocycles. The zero-order valence-electron chi connectivity index (χ0n) is 15.3. The fourth-order valence-corrected chi connectivity index (χ4v) is 2.80. The van der Waals surface area contributed by atoms with Crippen LogP contribution in [0.4, 0.5) is 4.79 Å². The second kappa shape index (κ2) is 9.23. The molecule has 3 amide bonds. The van der Waals surface area contributed by atoms with Gasteiger partial charge >= 0.3 is 6.03 Å². The first-order valence-electron chi connectivity index (χ1n) is 8.21. The van der Waals surface area contributed by atoms with Crippen LogP contribution in [0.5, 0.6) is 5.75 Å². The van der Waals surface area contributed by atoms with Gasteiger partial charge < -0.3 is 14.6 Å². The monoisotopic (exact) mass is 377 g/mol. The van der Waals surface area contributed by atoms with E-state index in [0.29, 0.717) is 11.0 Å². The van der Waals surface area contributed by atoms with Crippen LogP contribution < -0.4 is 15.4 Å². The van der Waals surface area contributed by atoms with Gasteiger partial charge in [-0.1, -0.05) is 18.7 Å². The Morgan fingerprint density at radius 3 is 2.58 bits per heavy atom. The molecular weight excluding hydrogens is 354 g/mol. The van der Waals surface area contributed by atoms with Crippen molar-refractivity contribution >= 4 is 23.7 Å². The molecule has 0 saturated carbocycles. The lowest BCUT2D eigenvalue weighted by Gasteiger charge is -2.11. The molecule has 0 saturated heterocycles. The fourth-order valence-electron chi connectivity index (χ4n) is 2.09. The minimum absolute atomic E-state index is 0.0150. The average molecular weight is 377 g/mol. The van der Waals surface area contributed by atoms with Gasteiger partial charge in [-0.05, 0) is 37.6 Å². The number of nitrogens with zero attached hydrogens (tertiary/aromatic N) is 3. The van der Waals surface area contributed by atoms with E-state index in [4.69, 9.17) is 4.74 Å². The number of hydrogen-bond acceptors (Lipinski definition) is 6. The van der Waals surface area contributed by atoms with Gasteiger partial charge in [0.05, 0.1) is 12.9 Å². The van der Waals surface area contributed by atoms with Crippen LogP contribution in [0.2, 0.25) is 0 Å². The van der Waals surface area contributed by atoms with Crippen molar-refractivity contribution in [2.24, 2.45) is 7.05 Å². The molecular formula is C17H23N5O3S. The topological polar surface area (TPSA) is 98.1 Å². The maximum Gasteiger partial charge on any atom is 0.321 e. The summed E-state index contributed by atoms with van der Waals surface area (Å²) < 4.78 is 6.95. The van der Waals surface area contributed by atoms with E-state index in [1.807, 2.05) is 45.2 Å². The molecule has 0 fully saturated rings. The van der Waals surface area contributed by atoms with Crippen molar-refractivity contribution in [3.8, 4) is 17.1 Å². The van der Waals surface area contributed by atoms with Crippen molar-refractivity contribution in [3.63, 3.8) is 0 Å². The molecule has 0 aliphatic carbocycles. The number of amides is 3. The molecule has 2 aromatic rings. The number of ether oxygens (including phenoxy) is 1. The third-order valence-corrected chi connectivity index (χ3v) is 4.78. The zero-order valence-corrected chi connectivity index (χ0v) is 16.1. The lowest BCUT2D eigenvalue weighted by Crippen LogP contribution is -2.43. The lowest BCUT2D eigenvalue weighted by molar-refractivity contribution is -0.117. The summed E-state index contributed by atoms with van der Waals surface area (Å²) in [7, 11) is 3.44. The Morgan fingerprint density at radius 1 is 1.27 bits per heavy atom. The summed E-state index contributed by atoms with van der Waals surface area (Å²) in [6.45, 7) is 3.83. The molecule has 0 radical (unpaired) electrons. The van der Waals surface area contributed by atoms with Gasteiger partial charge in [-0.15, -0.1) is 10.2 Å². The number of rotatable bonds is 7. The van der Waals surface area contributed by atoms with Gasteiger partial charge in [-0.25, -0.2) is 4.79 Å². The van der Waals surface area contributed by atoms with E-state index in [-0.39, 0.29) is 17.7 Å². The SMILES string of the molecule is CC[C@H](C)NC(=O)NC(=O)CSc1nnc(-c2ccc(OC)cc2)n1C. The molecule has 1 aromatic carbocycles. The molecule has 140 valence electrons. The van der Waals surface area contributed by atoms with Gasteiger partial charge in [0.25, 0.3) is 0 Å². The quantitative estimate of drug-likeness (QED) is 0.718. The summed E-state index contributed by atoms with van der Waals surface area (Å²) in [5, 5.41) is 13.9. The highest BCUT2D eigenvalue weighted by Crippen LogP contribution is 2.24. The molecule has 9 heteroatoms. The molecule has 0 unspecified atom stereocenters. The third kappa shape index (κ3) is 5.22. The first-order valence-corrected chi connectivity index (χ1v) is 9.20. The number of methoxy groups -OCH3 is 1. The highest BCUT2D eigenvalue weighted by Gasteiger charge is 2.15. The van der Waals surface area contributed by atoms with Gasteiger partial charge in [-0.2, -0.15) is 0 Å². The standard InChI is InChI=1S/C17H23N5O3S/c1-5-11(2)18-16(24)19-14(23)10-26-17-21-20-15(22(17)3)12-6-8-13(25-4)9-7-12/h6-9,11H,5,10H2,1-4H3,(H2,18,19,23,24)/t11-/m0/s1. The molecule has 1 aromatic heterocycles. The number of nitrogens with one attached hydrogen (secondary N) is 2. The van der Waals surface area contributed by atoms with Crippen LogP contribution in [0.1, 0.15) is 20.3 Å². The van der Waals surface area contributed by atoms with Crippen LogP contribution in [-0.2, 0) is 11.8 Å². The Bertz CT molecular complexity index is 760. The predicted octanol–water partition coefficient (Wildman–Crippen LogP) is 2.21. The Hall–Kier alpha value is -2.55. The number of hydrogen-bond donors (Lipinski definition) is 2. The minimum atomic E-state index is -0.484. The van der Waals surface area contributed by atoms with E-state index in [2.05, 4.69) is 20.8 Å². The van der Waals surface area contributed by atoms with E-state index in [1.165, 1.54) is 11.8 Å². The van der Waals surface area contributed by atoms with Crippen LogP contribution >= 0.6 is 11.8 Å². The Kier molecular flexibility index (Phi) is 7.02. The van der Waals surface area contributed by atoms with E-state index in [1.54, 1.807) is 11.7 Å². The van der Waals surface area contributed by atoms with Crippen LogP contribution in [0.15, 0.2) is 29.4 Å². The average Bonchev–Trinajstić information content (AvgIpc) is 3.00. The molecule has 2 rings (SSSR count). The summed E-state index contributed by atoms with van der Waals surface area (Å²) >= 11 is 1.22. The van der Waals surface area contributed by atoms with E-state index in [9.17, 15) is 9.59 Å². The first-order chi connectivity index (χ1) is 12.4. The molecule has 0 spiro atoms. The minimum Gasteiger partial charge on any atom is -0.497 e. The highest BCUT2D eigenvalue weighted by atomic mass is 32.2. The van der Waals surface area contributed by atoms with E-state index < -0.39 is 6.03 Å². The number of imide groups is 1. The van der Waals surface area contributed by atoms with Gasteiger partial charge in [-0.3, -0.25) is 10.1 Å². The Balaban J connectivity index is 1.93. The van der Waals surface area contributed by atoms with Crippen molar-refractivity contribution in [1.82, 2.24) is 25.4 Å². The Morgan fingerprint density at radius 2 is 1.96 bits per heavy atom. The summed E-state index contributed by atoms with van der Waals surface area (Å²) in [6, 6.07) is 7.01. The maximum atomic E-state index is 11.9. The van der Waals surface area contributed by atoms with E-state index in [0.717, 1.165) is 17.7 Å². The normalized spacial score (nSPS) is 11.7. The van der Waals surface area contributed by atoms with Crippen LogP contribution in [-0.4, -0.2) is 45.6 Å². The predicted molar refractivity (Wildman–Crippen MR) is 100 cm³/mol. The number of thioether (sulfide) groups is 1. The second-order valence-corrected chi connectivity index (χ2v) is 6.66. The number of carbonyl (C=O) groups is 2. The summed E-state index contributed by atoms with van der Waals surface area (Å²) in [6.07, 6.45) is 0.795. The third-order valence-electron chi connectivity index (χ3n) is 3.76. The van der Waals surface area contributed by atoms with Gasteiger partial charge in [0, 0.05) is 18.7 Å². The van der Waals surface area contributed by atoms with E-state index >= 15 is 0 Å². The number of urea groups is 1. The number of benzene rings is 1. The highest BCUT2D eigenvalue weighted by molar-refractivity contribution is 7.99. The van der Waals surface area contributed by atoms with Gasteiger partial charge in [0.1, 0.15) is 5.75 Å². The van der Waals surface area contributed by atoms with Crippen LogP contribution in [0, 0.1) is 0 Å². The number of aromatic nitrogens is 3. The summed E-state index contributed by atoms with van der Waals surface area (Å²) in [5.74, 6) is 1.13. The summed E-state index contributed by atoms with van der Waals surface area (Å²) in [5.41, 5.74) is 0.894. The van der Waals surface area contributed by atoms with Gasteiger partial charge in [0.15, 0.2) is 11.0 Å². The van der Waals surface area contributed by atoms with Crippen molar-refractivity contribution < 1.29 is 14.3 Å². The number of carbonyl (C=O) groups excluding carboxylic acids is 2. The largest absolute Gasteiger partial charge is 0.497 e. The zero-order chi connectivity index (χ0) is 19.1. The van der Waals surface area contributed by atoms with Crippen molar-refractivity contribution in [2.45, 2.75) is 31.5 Å². The van der Waals surface area contributed by atoms with Crippen LogP contribution in [0.25, 0.3) is 11.4 Å². The molecule has 8 nitrogen and oxygen atoms in total. The molecule has 26 heavy (non-hydrogen) atoms. The molecule has 2 N–H and O–H groups in total. The molecule has 1 heterocycles. The molecule has 1 atom stereocenters.